The van der Waals surface area contributed by atoms with Gasteiger partial charge in [0.1, 0.15) is 5.92 Å². The summed E-state index contributed by atoms with van der Waals surface area (Å²) in [4.78, 5) is 23.2. The third-order valence-corrected chi connectivity index (χ3v) is 3.13. The van der Waals surface area contributed by atoms with Gasteiger partial charge >= 0.3 is 0 Å². The second-order valence-electron chi connectivity index (χ2n) is 3.85. The van der Waals surface area contributed by atoms with Gasteiger partial charge in [0.25, 0.3) is 0 Å². The summed E-state index contributed by atoms with van der Waals surface area (Å²) in [6.45, 7) is 0.548. The third-order valence-electron chi connectivity index (χ3n) is 2.64. The summed E-state index contributed by atoms with van der Waals surface area (Å²) in [6.07, 6.45) is 0.529. The van der Waals surface area contributed by atoms with Gasteiger partial charge in [0.05, 0.1) is 11.4 Å². The Morgan fingerprint density at radius 1 is 1.53 bits per heavy atom. The maximum atomic E-state index is 11.8. The van der Waals surface area contributed by atoms with E-state index in [2.05, 4.69) is 26.6 Å². The van der Waals surface area contributed by atoms with Gasteiger partial charge in [-0.05, 0) is 24.6 Å². The molecule has 2 rings (SSSR count). The molecule has 0 spiro atoms. The fourth-order valence-corrected chi connectivity index (χ4v) is 2.09. The van der Waals surface area contributed by atoms with Gasteiger partial charge in [-0.1, -0.05) is 15.9 Å². The standard InChI is InChI=1S/C11H12BrN3O2/c12-6-1-2-9(8(13)5-6)15-11(17)7-3-4-14-10(7)16/h1-2,5,7H,3-4,13H2,(H,14,16)(H,15,17). The first-order chi connectivity index (χ1) is 8.08. The molecule has 0 bridgehead atoms. The number of benzene rings is 1. The molecule has 1 aliphatic rings. The van der Waals surface area contributed by atoms with Crippen molar-refractivity contribution in [1.29, 1.82) is 0 Å². The SMILES string of the molecule is Nc1cc(Br)ccc1NC(=O)C1CCNC1=O. The predicted octanol–water partition coefficient (Wildman–Crippen LogP) is 1.11. The van der Waals surface area contributed by atoms with Crippen molar-refractivity contribution in [2.75, 3.05) is 17.6 Å². The molecule has 1 aromatic rings. The highest BCUT2D eigenvalue weighted by atomic mass is 79.9. The van der Waals surface area contributed by atoms with E-state index < -0.39 is 5.92 Å². The fourth-order valence-electron chi connectivity index (χ4n) is 1.71. The highest BCUT2D eigenvalue weighted by Crippen LogP contribution is 2.24. The molecule has 1 heterocycles. The Morgan fingerprint density at radius 2 is 2.29 bits per heavy atom. The Kier molecular flexibility index (Phi) is 3.33. The topological polar surface area (TPSA) is 84.2 Å². The van der Waals surface area contributed by atoms with E-state index in [1.165, 1.54) is 0 Å². The lowest BCUT2D eigenvalue weighted by molar-refractivity contribution is -0.130. The van der Waals surface area contributed by atoms with Gasteiger partial charge in [-0.25, -0.2) is 0 Å². The van der Waals surface area contributed by atoms with Crippen LogP contribution in [-0.4, -0.2) is 18.4 Å². The van der Waals surface area contributed by atoms with Gasteiger partial charge in [-0.3, -0.25) is 9.59 Å². The van der Waals surface area contributed by atoms with Crippen LogP contribution < -0.4 is 16.4 Å². The van der Waals surface area contributed by atoms with Crippen LogP contribution in [-0.2, 0) is 9.59 Å². The van der Waals surface area contributed by atoms with Gasteiger partial charge in [0.2, 0.25) is 11.8 Å². The number of hydrogen-bond acceptors (Lipinski definition) is 3. The fraction of sp³-hybridized carbons (Fsp3) is 0.273. The van der Waals surface area contributed by atoms with E-state index in [9.17, 15) is 9.59 Å². The van der Waals surface area contributed by atoms with E-state index in [1.54, 1.807) is 18.2 Å². The summed E-state index contributed by atoms with van der Waals surface area (Å²) in [5.74, 6) is -1.15. The minimum Gasteiger partial charge on any atom is -0.397 e. The van der Waals surface area contributed by atoms with E-state index in [-0.39, 0.29) is 11.8 Å². The van der Waals surface area contributed by atoms with Crippen molar-refractivity contribution in [3.63, 3.8) is 0 Å². The van der Waals surface area contributed by atoms with Crippen LogP contribution in [0.1, 0.15) is 6.42 Å². The molecule has 90 valence electrons. The molecule has 2 amide bonds. The second kappa shape index (κ2) is 4.75. The molecule has 0 aromatic heterocycles. The Bertz CT molecular complexity index is 476. The monoisotopic (exact) mass is 297 g/mol. The van der Waals surface area contributed by atoms with E-state index in [0.29, 0.717) is 24.3 Å². The number of nitrogens with two attached hydrogens (primary N) is 1. The zero-order valence-corrected chi connectivity index (χ0v) is 10.6. The molecule has 0 aliphatic carbocycles. The van der Waals surface area contributed by atoms with E-state index in [0.717, 1.165) is 4.47 Å². The first-order valence-electron chi connectivity index (χ1n) is 5.21. The minimum absolute atomic E-state index is 0.224. The molecule has 1 atom stereocenters. The lowest BCUT2D eigenvalue weighted by atomic mass is 10.1. The predicted molar refractivity (Wildman–Crippen MR) is 68.3 cm³/mol. The Labute approximate surface area is 107 Å². The summed E-state index contributed by atoms with van der Waals surface area (Å²) in [6, 6.07) is 5.18. The van der Waals surface area contributed by atoms with Crippen molar-refractivity contribution in [3.05, 3.63) is 22.7 Å². The summed E-state index contributed by atoms with van der Waals surface area (Å²) in [5, 5.41) is 5.29. The number of carbonyl (C=O) groups excluding carboxylic acids is 2. The highest BCUT2D eigenvalue weighted by Gasteiger charge is 2.31. The molecule has 5 nitrogen and oxygen atoms in total. The molecule has 0 saturated carbocycles. The van der Waals surface area contributed by atoms with Crippen molar-refractivity contribution in [3.8, 4) is 0 Å². The number of rotatable bonds is 2. The number of carbonyl (C=O) groups is 2. The number of amides is 2. The number of halogens is 1. The summed E-state index contributed by atoms with van der Waals surface area (Å²) >= 11 is 3.28. The van der Waals surface area contributed by atoms with Gasteiger partial charge in [-0.15, -0.1) is 0 Å². The zero-order valence-electron chi connectivity index (χ0n) is 9.00. The first-order valence-corrected chi connectivity index (χ1v) is 6.01. The lowest BCUT2D eigenvalue weighted by Gasteiger charge is -2.11. The summed E-state index contributed by atoms with van der Waals surface area (Å²) in [5.41, 5.74) is 6.75. The van der Waals surface area contributed by atoms with Gasteiger partial charge in [-0.2, -0.15) is 0 Å². The van der Waals surface area contributed by atoms with Crippen LogP contribution in [0.3, 0.4) is 0 Å². The smallest absolute Gasteiger partial charge is 0.237 e. The zero-order chi connectivity index (χ0) is 12.4. The largest absolute Gasteiger partial charge is 0.397 e. The van der Waals surface area contributed by atoms with Crippen molar-refractivity contribution < 1.29 is 9.59 Å². The highest BCUT2D eigenvalue weighted by molar-refractivity contribution is 9.10. The van der Waals surface area contributed by atoms with E-state index >= 15 is 0 Å². The molecule has 1 saturated heterocycles. The molecular formula is C11H12BrN3O2. The van der Waals surface area contributed by atoms with Crippen LogP contribution in [0.25, 0.3) is 0 Å². The summed E-state index contributed by atoms with van der Waals surface area (Å²) in [7, 11) is 0. The molecular weight excluding hydrogens is 286 g/mol. The average Bonchev–Trinajstić information content (AvgIpc) is 2.68. The van der Waals surface area contributed by atoms with Crippen LogP contribution >= 0.6 is 15.9 Å². The molecule has 0 radical (unpaired) electrons. The molecule has 1 fully saturated rings. The van der Waals surface area contributed by atoms with Crippen molar-refractivity contribution >= 4 is 39.1 Å². The lowest BCUT2D eigenvalue weighted by Crippen LogP contribution is -2.30. The maximum absolute atomic E-state index is 11.8. The minimum atomic E-state index is -0.613. The van der Waals surface area contributed by atoms with Gasteiger partial charge in [0, 0.05) is 11.0 Å². The third kappa shape index (κ3) is 2.58. The Morgan fingerprint density at radius 3 is 2.88 bits per heavy atom. The maximum Gasteiger partial charge on any atom is 0.237 e. The number of nitrogen functional groups attached to an aromatic ring is 1. The molecule has 1 aliphatic heterocycles. The van der Waals surface area contributed by atoms with Crippen molar-refractivity contribution in [1.82, 2.24) is 5.32 Å². The average molecular weight is 298 g/mol. The molecule has 4 N–H and O–H groups in total. The summed E-state index contributed by atoms with van der Waals surface area (Å²) < 4.78 is 0.839. The van der Waals surface area contributed by atoms with Gasteiger partial charge < -0.3 is 16.4 Å². The Hall–Kier alpha value is -1.56. The van der Waals surface area contributed by atoms with Crippen LogP contribution in [0.4, 0.5) is 11.4 Å². The van der Waals surface area contributed by atoms with Crippen LogP contribution in [0.5, 0.6) is 0 Å². The molecule has 17 heavy (non-hydrogen) atoms. The normalized spacial score (nSPS) is 18.9. The van der Waals surface area contributed by atoms with Crippen LogP contribution in [0.15, 0.2) is 22.7 Å². The first kappa shape index (κ1) is 11.9. The quantitative estimate of drug-likeness (QED) is 0.565. The van der Waals surface area contributed by atoms with Crippen molar-refractivity contribution in [2.24, 2.45) is 5.92 Å². The molecule has 6 heteroatoms. The second-order valence-corrected chi connectivity index (χ2v) is 4.77. The van der Waals surface area contributed by atoms with E-state index in [1.807, 2.05) is 0 Å². The Balaban J connectivity index is 2.10. The van der Waals surface area contributed by atoms with Crippen LogP contribution in [0, 0.1) is 5.92 Å². The number of anilines is 2. The molecule has 1 aromatic carbocycles. The van der Waals surface area contributed by atoms with E-state index in [4.69, 9.17) is 5.73 Å². The van der Waals surface area contributed by atoms with Crippen molar-refractivity contribution in [2.45, 2.75) is 6.42 Å². The van der Waals surface area contributed by atoms with Crippen LogP contribution in [0.2, 0.25) is 0 Å². The number of nitrogens with one attached hydrogen (secondary N) is 2. The number of hydrogen-bond donors (Lipinski definition) is 3. The van der Waals surface area contributed by atoms with Gasteiger partial charge in [0.15, 0.2) is 0 Å². The molecule has 1 unspecified atom stereocenters.